The van der Waals surface area contributed by atoms with Crippen LogP contribution in [0.2, 0.25) is 0 Å². The van der Waals surface area contributed by atoms with E-state index in [1.165, 1.54) is 12.8 Å². The molecule has 0 aromatic heterocycles. The van der Waals surface area contributed by atoms with Crippen LogP contribution in [0.4, 0.5) is 0 Å². The summed E-state index contributed by atoms with van der Waals surface area (Å²) in [6, 6.07) is 0. The van der Waals surface area contributed by atoms with E-state index in [1.807, 2.05) is 0 Å². The summed E-state index contributed by atoms with van der Waals surface area (Å²) >= 11 is 0. The fraction of sp³-hybridized carbons (Fsp3) is 0.933. The van der Waals surface area contributed by atoms with Crippen LogP contribution in [0.3, 0.4) is 0 Å². The summed E-state index contributed by atoms with van der Waals surface area (Å²) in [6.45, 7) is 9.80. The number of carbonyl (C=O) groups is 1. The minimum atomic E-state index is 0.225. The highest BCUT2D eigenvalue weighted by Crippen LogP contribution is 2.21. The SMILES string of the molecule is CC(C)(C)CCCC(=O)NCCC1CCCNC1. The number of piperidine rings is 1. The van der Waals surface area contributed by atoms with E-state index in [0.29, 0.717) is 11.8 Å². The molecule has 1 heterocycles. The Kier molecular flexibility index (Phi) is 6.69. The third-order valence-corrected chi connectivity index (χ3v) is 3.60. The summed E-state index contributed by atoms with van der Waals surface area (Å²) in [5.41, 5.74) is 0.341. The summed E-state index contributed by atoms with van der Waals surface area (Å²) < 4.78 is 0. The molecule has 0 radical (unpaired) electrons. The van der Waals surface area contributed by atoms with E-state index in [9.17, 15) is 4.79 Å². The van der Waals surface area contributed by atoms with Gasteiger partial charge < -0.3 is 10.6 Å². The van der Waals surface area contributed by atoms with E-state index in [-0.39, 0.29) is 5.91 Å². The van der Waals surface area contributed by atoms with Gasteiger partial charge in [0, 0.05) is 13.0 Å². The molecule has 1 aliphatic heterocycles. The second-order valence-corrected chi connectivity index (χ2v) is 6.77. The first-order valence-corrected chi connectivity index (χ1v) is 7.45. The number of amides is 1. The molecule has 0 bridgehead atoms. The molecule has 1 rings (SSSR count). The minimum Gasteiger partial charge on any atom is -0.356 e. The number of rotatable bonds is 6. The van der Waals surface area contributed by atoms with E-state index in [0.717, 1.165) is 44.8 Å². The van der Waals surface area contributed by atoms with Crippen LogP contribution >= 0.6 is 0 Å². The highest BCUT2D eigenvalue weighted by Gasteiger charge is 2.13. The van der Waals surface area contributed by atoms with Crippen molar-refractivity contribution in [2.24, 2.45) is 11.3 Å². The van der Waals surface area contributed by atoms with Gasteiger partial charge in [-0.2, -0.15) is 0 Å². The largest absolute Gasteiger partial charge is 0.356 e. The maximum atomic E-state index is 11.6. The van der Waals surface area contributed by atoms with E-state index in [2.05, 4.69) is 31.4 Å². The van der Waals surface area contributed by atoms with Crippen molar-refractivity contribution < 1.29 is 4.79 Å². The van der Waals surface area contributed by atoms with Crippen molar-refractivity contribution in [2.45, 2.75) is 59.3 Å². The molecule has 0 aliphatic carbocycles. The molecule has 0 saturated carbocycles. The molecular weight excluding hydrogens is 224 g/mol. The van der Waals surface area contributed by atoms with Gasteiger partial charge in [-0.15, -0.1) is 0 Å². The molecule has 0 aromatic rings. The van der Waals surface area contributed by atoms with Crippen LogP contribution in [0.25, 0.3) is 0 Å². The Morgan fingerprint density at radius 3 is 2.78 bits per heavy atom. The molecule has 1 fully saturated rings. The highest BCUT2D eigenvalue weighted by atomic mass is 16.1. The van der Waals surface area contributed by atoms with Crippen molar-refractivity contribution in [3.63, 3.8) is 0 Å². The standard InChI is InChI=1S/C15H30N2O/c1-15(2,3)9-4-7-14(18)17-11-8-13-6-5-10-16-12-13/h13,16H,4-12H2,1-3H3,(H,17,18). The highest BCUT2D eigenvalue weighted by molar-refractivity contribution is 5.75. The summed E-state index contributed by atoms with van der Waals surface area (Å²) in [5.74, 6) is 0.983. The zero-order valence-electron chi connectivity index (χ0n) is 12.3. The zero-order chi connectivity index (χ0) is 13.4. The monoisotopic (exact) mass is 254 g/mol. The summed E-state index contributed by atoms with van der Waals surface area (Å²) in [4.78, 5) is 11.6. The Hall–Kier alpha value is -0.570. The Bertz CT molecular complexity index is 239. The molecule has 1 unspecified atom stereocenters. The van der Waals surface area contributed by atoms with Gasteiger partial charge in [0.05, 0.1) is 0 Å². The first-order valence-electron chi connectivity index (χ1n) is 7.45. The maximum Gasteiger partial charge on any atom is 0.219 e. The third kappa shape index (κ3) is 7.70. The Balaban J connectivity index is 1.99. The summed E-state index contributed by atoms with van der Waals surface area (Å²) in [6.07, 6.45) is 6.52. The smallest absolute Gasteiger partial charge is 0.219 e. The lowest BCUT2D eigenvalue weighted by molar-refractivity contribution is -0.121. The number of carbonyl (C=O) groups excluding carboxylic acids is 1. The van der Waals surface area contributed by atoms with Crippen LogP contribution < -0.4 is 10.6 Å². The molecule has 1 atom stereocenters. The second kappa shape index (κ2) is 7.78. The second-order valence-electron chi connectivity index (χ2n) is 6.77. The van der Waals surface area contributed by atoms with Crippen molar-refractivity contribution >= 4 is 5.91 Å². The van der Waals surface area contributed by atoms with Crippen LogP contribution in [0.5, 0.6) is 0 Å². The van der Waals surface area contributed by atoms with Crippen LogP contribution in [0.15, 0.2) is 0 Å². The first-order chi connectivity index (χ1) is 8.47. The van der Waals surface area contributed by atoms with Gasteiger partial charge in [-0.1, -0.05) is 20.8 Å². The van der Waals surface area contributed by atoms with Gasteiger partial charge in [-0.05, 0) is 56.5 Å². The van der Waals surface area contributed by atoms with Crippen molar-refractivity contribution in [3.05, 3.63) is 0 Å². The van der Waals surface area contributed by atoms with Gasteiger partial charge in [-0.3, -0.25) is 4.79 Å². The minimum absolute atomic E-state index is 0.225. The van der Waals surface area contributed by atoms with Gasteiger partial charge in [-0.25, -0.2) is 0 Å². The van der Waals surface area contributed by atoms with Crippen LogP contribution in [0.1, 0.15) is 59.3 Å². The molecule has 2 N–H and O–H groups in total. The van der Waals surface area contributed by atoms with Gasteiger partial charge in [0.15, 0.2) is 0 Å². The molecule has 3 heteroatoms. The van der Waals surface area contributed by atoms with E-state index in [4.69, 9.17) is 0 Å². The molecular formula is C15H30N2O. The predicted octanol–water partition coefficient (Wildman–Crippen LogP) is 2.71. The van der Waals surface area contributed by atoms with E-state index >= 15 is 0 Å². The van der Waals surface area contributed by atoms with Crippen molar-refractivity contribution in [3.8, 4) is 0 Å². The van der Waals surface area contributed by atoms with Crippen molar-refractivity contribution in [2.75, 3.05) is 19.6 Å². The van der Waals surface area contributed by atoms with E-state index < -0.39 is 0 Å². The maximum absolute atomic E-state index is 11.6. The Labute approximate surface area is 112 Å². The predicted molar refractivity (Wildman–Crippen MR) is 76.5 cm³/mol. The Morgan fingerprint density at radius 1 is 1.39 bits per heavy atom. The number of hydrogen-bond donors (Lipinski definition) is 2. The normalized spacial score (nSPS) is 20.7. The molecule has 106 valence electrons. The molecule has 0 spiro atoms. The molecule has 1 aliphatic rings. The number of hydrogen-bond acceptors (Lipinski definition) is 2. The lowest BCUT2D eigenvalue weighted by atomic mass is 9.90. The van der Waals surface area contributed by atoms with Gasteiger partial charge in [0.2, 0.25) is 5.91 Å². The fourth-order valence-electron chi connectivity index (χ4n) is 2.45. The average molecular weight is 254 g/mol. The molecule has 18 heavy (non-hydrogen) atoms. The summed E-state index contributed by atoms with van der Waals surface area (Å²) in [7, 11) is 0. The Morgan fingerprint density at radius 2 is 2.17 bits per heavy atom. The van der Waals surface area contributed by atoms with Crippen molar-refractivity contribution in [1.29, 1.82) is 0 Å². The van der Waals surface area contributed by atoms with Crippen molar-refractivity contribution in [1.82, 2.24) is 10.6 Å². The third-order valence-electron chi connectivity index (χ3n) is 3.60. The first kappa shape index (κ1) is 15.5. The molecule has 3 nitrogen and oxygen atoms in total. The zero-order valence-corrected chi connectivity index (χ0v) is 12.3. The number of nitrogens with one attached hydrogen (secondary N) is 2. The van der Waals surface area contributed by atoms with E-state index in [1.54, 1.807) is 0 Å². The quantitative estimate of drug-likeness (QED) is 0.765. The molecule has 0 aromatic carbocycles. The van der Waals surface area contributed by atoms with Gasteiger partial charge in [0.25, 0.3) is 0 Å². The molecule has 1 amide bonds. The van der Waals surface area contributed by atoms with Gasteiger partial charge in [0.1, 0.15) is 0 Å². The lowest BCUT2D eigenvalue weighted by Crippen LogP contribution is -2.33. The van der Waals surface area contributed by atoms with Gasteiger partial charge >= 0.3 is 0 Å². The lowest BCUT2D eigenvalue weighted by Gasteiger charge is -2.22. The molecule has 1 saturated heterocycles. The average Bonchev–Trinajstić information content (AvgIpc) is 2.28. The van der Waals surface area contributed by atoms with Crippen LogP contribution in [-0.2, 0) is 4.79 Å². The fourth-order valence-corrected chi connectivity index (χ4v) is 2.45. The van der Waals surface area contributed by atoms with Crippen LogP contribution in [0, 0.1) is 11.3 Å². The van der Waals surface area contributed by atoms with Crippen LogP contribution in [-0.4, -0.2) is 25.5 Å². The summed E-state index contributed by atoms with van der Waals surface area (Å²) in [5, 5.41) is 6.46. The topological polar surface area (TPSA) is 41.1 Å².